The number of carbonyl (C=O) groups is 2. The first-order chi connectivity index (χ1) is 8.58. The number of aryl methyl sites for hydroxylation is 1. The summed E-state index contributed by atoms with van der Waals surface area (Å²) in [5, 5.41) is 9.41. The zero-order chi connectivity index (χ0) is 13.1. The third-order valence-corrected chi connectivity index (χ3v) is 3.31. The van der Waals surface area contributed by atoms with Crippen LogP contribution in [0.15, 0.2) is 24.3 Å². The number of hydrogen-bond donors (Lipinski definition) is 1. The van der Waals surface area contributed by atoms with Crippen LogP contribution in [-0.4, -0.2) is 34.8 Å². The molecule has 0 spiro atoms. The minimum Gasteiger partial charge on any atom is -0.480 e. The normalized spacial score (nSPS) is 18.6. The largest absolute Gasteiger partial charge is 0.480 e. The van der Waals surface area contributed by atoms with Crippen molar-refractivity contribution in [1.82, 2.24) is 4.90 Å². The first-order valence-corrected chi connectivity index (χ1v) is 6.13. The van der Waals surface area contributed by atoms with Crippen molar-refractivity contribution in [2.75, 3.05) is 13.1 Å². The molecule has 1 aliphatic rings. The molecular formula is C14H17NO3. The number of nitrogens with zero attached hydrogens (tertiary/aromatic N) is 1. The van der Waals surface area contributed by atoms with Crippen LogP contribution in [0.5, 0.6) is 0 Å². The molecule has 0 saturated carbocycles. The van der Waals surface area contributed by atoms with Gasteiger partial charge in [-0.2, -0.15) is 0 Å². The SMILES string of the molecule is Cc1cccc(C(C(=O)O)N2CCC(=O)CC2)c1. The Morgan fingerprint density at radius 3 is 2.56 bits per heavy atom. The van der Waals surface area contributed by atoms with Crippen molar-refractivity contribution in [2.24, 2.45) is 0 Å². The Bertz CT molecular complexity index is 460. The van der Waals surface area contributed by atoms with E-state index < -0.39 is 12.0 Å². The Morgan fingerprint density at radius 1 is 1.33 bits per heavy atom. The van der Waals surface area contributed by atoms with Gasteiger partial charge in [0.15, 0.2) is 0 Å². The molecule has 1 heterocycles. The van der Waals surface area contributed by atoms with E-state index in [0.717, 1.165) is 11.1 Å². The minimum absolute atomic E-state index is 0.222. The Labute approximate surface area is 106 Å². The average molecular weight is 247 g/mol. The highest BCUT2D eigenvalue weighted by Crippen LogP contribution is 2.24. The van der Waals surface area contributed by atoms with Gasteiger partial charge in [0.25, 0.3) is 0 Å². The van der Waals surface area contributed by atoms with Gasteiger partial charge in [-0.3, -0.25) is 14.5 Å². The molecule has 1 aromatic carbocycles. The van der Waals surface area contributed by atoms with Gasteiger partial charge in [-0.05, 0) is 12.5 Å². The number of likely N-dealkylation sites (tertiary alicyclic amines) is 1. The molecule has 2 rings (SSSR count). The quantitative estimate of drug-likeness (QED) is 0.884. The van der Waals surface area contributed by atoms with Crippen LogP contribution in [0.2, 0.25) is 0 Å². The van der Waals surface area contributed by atoms with Crippen LogP contribution in [0.3, 0.4) is 0 Å². The van der Waals surface area contributed by atoms with Gasteiger partial charge in [0, 0.05) is 25.9 Å². The summed E-state index contributed by atoms with van der Waals surface area (Å²) in [5.41, 5.74) is 1.84. The average Bonchev–Trinajstić information content (AvgIpc) is 2.32. The van der Waals surface area contributed by atoms with Crippen LogP contribution in [0.4, 0.5) is 0 Å². The fourth-order valence-electron chi connectivity index (χ4n) is 2.38. The second-order valence-electron chi connectivity index (χ2n) is 4.73. The summed E-state index contributed by atoms with van der Waals surface area (Å²) in [5.74, 6) is -0.630. The Kier molecular flexibility index (Phi) is 3.77. The highest BCUT2D eigenvalue weighted by atomic mass is 16.4. The predicted molar refractivity (Wildman–Crippen MR) is 67.4 cm³/mol. The lowest BCUT2D eigenvalue weighted by Crippen LogP contribution is -2.40. The fourth-order valence-corrected chi connectivity index (χ4v) is 2.38. The molecule has 1 aliphatic heterocycles. The maximum Gasteiger partial charge on any atom is 0.325 e. The lowest BCUT2D eigenvalue weighted by molar-refractivity contribution is -0.145. The van der Waals surface area contributed by atoms with E-state index in [1.807, 2.05) is 36.1 Å². The zero-order valence-electron chi connectivity index (χ0n) is 10.4. The number of ketones is 1. The van der Waals surface area contributed by atoms with E-state index in [0.29, 0.717) is 25.9 Å². The van der Waals surface area contributed by atoms with E-state index in [1.165, 1.54) is 0 Å². The first-order valence-electron chi connectivity index (χ1n) is 6.13. The third kappa shape index (κ3) is 2.76. The van der Waals surface area contributed by atoms with Gasteiger partial charge in [-0.25, -0.2) is 0 Å². The molecule has 96 valence electrons. The van der Waals surface area contributed by atoms with Crippen LogP contribution >= 0.6 is 0 Å². The summed E-state index contributed by atoms with van der Waals surface area (Å²) in [6, 6.07) is 6.91. The predicted octanol–water partition coefficient (Wildman–Crippen LogP) is 1.79. The summed E-state index contributed by atoms with van der Waals surface area (Å²) in [6.45, 7) is 3.01. The van der Waals surface area contributed by atoms with Gasteiger partial charge in [0.1, 0.15) is 11.8 Å². The molecule has 1 atom stereocenters. The van der Waals surface area contributed by atoms with E-state index in [-0.39, 0.29) is 5.78 Å². The zero-order valence-corrected chi connectivity index (χ0v) is 10.4. The lowest BCUT2D eigenvalue weighted by atomic mass is 10.00. The van der Waals surface area contributed by atoms with Crippen molar-refractivity contribution in [2.45, 2.75) is 25.8 Å². The van der Waals surface area contributed by atoms with E-state index in [4.69, 9.17) is 0 Å². The number of hydrogen-bond acceptors (Lipinski definition) is 3. The van der Waals surface area contributed by atoms with Crippen molar-refractivity contribution >= 4 is 11.8 Å². The van der Waals surface area contributed by atoms with Gasteiger partial charge in [-0.1, -0.05) is 29.8 Å². The standard InChI is InChI=1S/C14H17NO3/c1-10-3-2-4-11(9-10)13(14(17)18)15-7-5-12(16)6-8-15/h2-4,9,13H,5-8H2,1H3,(H,17,18). The van der Waals surface area contributed by atoms with Crippen molar-refractivity contribution in [3.8, 4) is 0 Å². The number of aliphatic carboxylic acids is 1. The van der Waals surface area contributed by atoms with Gasteiger partial charge < -0.3 is 5.11 Å². The number of piperidine rings is 1. The van der Waals surface area contributed by atoms with Crippen molar-refractivity contribution in [3.63, 3.8) is 0 Å². The molecule has 0 radical (unpaired) electrons. The number of carbonyl (C=O) groups excluding carboxylic acids is 1. The molecule has 0 aliphatic carbocycles. The molecule has 1 aromatic rings. The molecule has 1 unspecified atom stereocenters. The maximum atomic E-state index is 11.5. The highest BCUT2D eigenvalue weighted by Gasteiger charge is 2.30. The third-order valence-electron chi connectivity index (χ3n) is 3.31. The van der Waals surface area contributed by atoms with Gasteiger partial charge in [0.2, 0.25) is 0 Å². The topological polar surface area (TPSA) is 57.6 Å². The molecule has 1 fully saturated rings. The van der Waals surface area contributed by atoms with Crippen molar-refractivity contribution in [1.29, 1.82) is 0 Å². The molecule has 0 amide bonds. The maximum absolute atomic E-state index is 11.5. The molecule has 0 bridgehead atoms. The summed E-state index contributed by atoms with van der Waals surface area (Å²) >= 11 is 0. The van der Waals surface area contributed by atoms with Crippen LogP contribution in [0.1, 0.15) is 30.0 Å². The molecule has 0 aromatic heterocycles. The van der Waals surface area contributed by atoms with Crippen molar-refractivity contribution in [3.05, 3.63) is 35.4 Å². The van der Waals surface area contributed by atoms with Gasteiger partial charge >= 0.3 is 5.97 Å². The van der Waals surface area contributed by atoms with Crippen molar-refractivity contribution < 1.29 is 14.7 Å². The van der Waals surface area contributed by atoms with Crippen LogP contribution in [-0.2, 0) is 9.59 Å². The van der Waals surface area contributed by atoms with E-state index in [1.54, 1.807) is 0 Å². The molecule has 4 nitrogen and oxygen atoms in total. The smallest absolute Gasteiger partial charge is 0.325 e. The molecule has 18 heavy (non-hydrogen) atoms. The molecule has 4 heteroatoms. The number of rotatable bonds is 3. The van der Waals surface area contributed by atoms with E-state index >= 15 is 0 Å². The summed E-state index contributed by atoms with van der Waals surface area (Å²) in [7, 11) is 0. The number of benzene rings is 1. The van der Waals surface area contributed by atoms with Crippen LogP contribution < -0.4 is 0 Å². The van der Waals surface area contributed by atoms with E-state index in [2.05, 4.69) is 0 Å². The summed E-state index contributed by atoms with van der Waals surface area (Å²) in [4.78, 5) is 24.6. The minimum atomic E-state index is -0.852. The Morgan fingerprint density at radius 2 is 2.00 bits per heavy atom. The number of carboxylic acids is 1. The fraction of sp³-hybridized carbons (Fsp3) is 0.429. The number of carboxylic acid groups (broad SMARTS) is 1. The lowest BCUT2D eigenvalue weighted by Gasteiger charge is -2.31. The number of Topliss-reactive ketones (excluding diaryl/α,β-unsaturated/α-hetero) is 1. The van der Waals surface area contributed by atoms with Gasteiger partial charge in [0.05, 0.1) is 0 Å². The Hall–Kier alpha value is -1.68. The summed E-state index contributed by atoms with van der Waals surface area (Å²) in [6.07, 6.45) is 0.908. The van der Waals surface area contributed by atoms with E-state index in [9.17, 15) is 14.7 Å². The monoisotopic (exact) mass is 247 g/mol. The van der Waals surface area contributed by atoms with Gasteiger partial charge in [-0.15, -0.1) is 0 Å². The summed E-state index contributed by atoms with van der Waals surface area (Å²) < 4.78 is 0. The second kappa shape index (κ2) is 5.31. The first kappa shape index (κ1) is 12.8. The highest BCUT2D eigenvalue weighted by molar-refractivity contribution is 5.80. The van der Waals surface area contributed by atoms with Crippen LogP contribution in [0, 0.1) is 6.92 Å². The Balaban J connectivity index is 2.23. The van der Waals surface area contributed by atoms with Crippen LogP contribution in [0.25, 0.3) is 0 Å². The molecular weight excluding hydrogens is 230 g/mol. The second-order valence-corrected chi connectivity index (χ2v) is 4.73. The molecule has 1 N–H and O–H groups in total. The molecule has 1 saturated heterocycles.